The first kappa shape index (κ1) is 59.7. The summed E-state index contributed by atoms with van der Waals surface area (Å²) in [6.07, 6.45) is -9.06. The molecule has 2 bridgehead atoms. The zero-order valence-electron chi connectivity index (χ0n) is 38.4. The van der Waals surface area contributed by atoms with Crippen LogP contribution in [0.25, 0.3) is 0 Å². The van der Waals surface area contributed by atoms with Gasteiger partial charge in [-0.3, -0.25) is 48.4 Å². The number of aliphatic imine (C=N–C) groups is 1. The van der Waals surface area contributed by atoms with Gasteiger partial charge in [-0.05, 0) is 25.7 Å². The van der Waals surface area contributed by atoms with E-state index >= 15 is 0 Å². The van der Waals surface area contributed by atoms with Crippen molar-refractivity contribution in [1.82, 2.24) is 56.4 Å². The molecule has 0 aliphatic carbocycles. The Morgan fingerprint density at radius 3 is 1.73 bits per heavy atom. The van der Waals surface area contributed by atoms with Gasteiger partial charge >= 0.3 is 36.4 Å². The monoisotopic (exact) mass is 1030 g/mol. The molecule has 3 heterocycles. The lowest BCUT2D eigenvalue weighted by molar-refractivity contribution is -0.192. The number of nitrogens with zero attached hydrogens (tertiary/aromatic N) is 6. The van der Waals surface area contributed by atoms with E-state index in [1.54, 1.807) is 9.80 Å². The van der Waals surface area contributed by atoms with Crippen LogP contribution in [0.15, 0.2) is 4.99 Å². The summed E-state index contributed by atoms with van der Waals surface area (Å²) in [6.45, 7) is -1.01. The SMILES string of the molecule is NC(N)=NCCC[C@@H]1NC(=O)[C@@H]2C[C@@H](CN2CCNC(=O)CCCNC(=O)CN2CCN(C(=O)O)CCN(C(=O)O)CCN(C(=O)O)CC2)NC(=O)[C@H](CC(=O)O)NC(=O)CNC1=O.O=C(O)C(F)(F)F. The number of carbonyl (C=O) groups is 11. The highest BCUT2D eigenvalue weighted by molar-refractivity contribution is 5.95. The van der Waals surface area contributed by atoms with Gasteiger partial charge in [0, 0.05) is 97.5 Å². The van der Waals surface area contributed by atoms with Crippen LogP contribution in [0.3, 0.4) is 0 Å². The van der Waals surface area contributed by atoms with Crippen molar-refractivity contribution in [2.75, 3.05) is 98.2 Å². The van der Waals surface area contributed by atoms with E-state index in [2.05, 4.69) is 36.9 Å². The molecule has 0 radical (unpaired) electrons. The summed E-state index contributed by atoms with van der Waals surface area (Å²) in [5, 5.41) is 60.8. The summed E-state index contributed by atoms with van der Waals surface area (Å²) < 4.78 is 31.7. The lowest BCUT2D eigenvalue weighted by atomic mass is 10.1. The Kier molecular flexibility index (Phi) is 24.8. The van der Waals surface area contributed by atoms with Crippen LogP contribution in [0.4, 0.5) is 27.6 Å². The van der Waals surface area contributed by atoms with Crippen LogP contribution in [-0.4, -0.2) is 250 Å². The number of alkyl halides is 3. The van der Waals surface area contributed by atoms with Crippen molar-refractivity contribution >= 4 is 71.6 Å². The average Bonchev–Trinajstić information content (AvgIpc) is 3.67. The van der Waals surface area contributed by atoms with E-state index in [0.29, 0.717) is 0 Å². The number of carboxylic acids is 2. The fraction of sp³-hybridized carbons (Fsp3) is 0.684. The number of hydrogen-bond donors (Lipinski definition) is 13. The Morgan fingerprint density at radius 2 is 1.23 bits per heavy atom. The van der Waals surface area contributed by atoms with Gasteiger partial charge in [0.2, 0.25) is 35.4 Å². The Hall–Kier alpha value is -7.45. The molecule has 30 nitrogen and oxygen atoms in total. The minimum absolute atomic E-state index is 0.00553. The molecule has 0 unspecified atom stereocenters. The van der Waals surface area contributed by atoms with Gasteiger partial charge in [-0.1, -0.05) is 0 Å². The lowest BCUT2D eigenvalue weighted by Crippen LogP contribution is -2.55. The number of likely N-dealkylation sites (tertiary alicyclic amines) is 1. The van der Waals surface area contributed by atoms with E-state index in [4.69, 9.17) is 21.4 Å². The minimum Gasteiger partial charge on any atom is -0.481 e. The van der Waals surface area contributed by atoms with Gasteiger partial charge in [0.25, 0.3) is 0 Å². The Balaban J connectivity index is 0.00000229. The van der Waals surface area contributed by atoms with Crippen LogP contribution >= 0.6 is 0 Å². The summed E-state index contributed by atoms with van der Waals surface area (Å²) in [6, 6.07) is -4.15. The third-order valence-corrected chi connectivity index (χ3v) is 10.8. The van der Waals surface area contributed by atoms with Crippen LogP contribution in [-0.2, 0) is 38.4 Å². The number of carbonyl (C=O) groups excluding carboxylic acids is 6. The molecule has 0 aromatic heterocycles. The number of aliphatic carboxylic acids is 2. The fourth-order valence-electron chi connectivity index (χ4n) is 7.14. The summed E-state index contributed by atoms with van der Waals surface area (Å²) in [5.74, 6) is -8.02. The summed E-state index contributed by atoms with van der Waals surface area (Å²) in [7, 11) is 0. The third-order valence-electron chi connectivity index (χ3n) is 10.8. The normalized spacial score (nSPS) is 21.1. The van der Waals surface area contributed by atoms with Gasteiger partial charge in [0.1, 0.15) is 12.1 Å². The minimum atomic E-state index is -5.08. The highest BCUT2D eigenvalue weighted by atomic mass is 19.4. The first-order valence-corrected chi connectivity index (χ1v) is 22.0. The van der Waals surface area contributed by atoms with Crippen molar-refractivity contribution in [3.05, 3.63) is 0 Å². The summed E-state index contributed by atoms with van der Waals surface area (Å²) in [4.78, 5) is 144. The second kappa shape index (κ2) is 29.5. The molecule has 3 saturated heterocycles. The number of fused-ring (bicyclic) bond motifs is 2. The van der Waals surface area contributed by atoms with E-state index in [0.717, 1.165) is 14.7 Å². The second-order valence-electron chi connectivity index (χ2n) is 16.1. The van der Waals surface area contributed by atoms with Gasteiger partial charge < -0.3 is 83.6 Å². The Bertz CT molecular complexity index is 1920. The molecule has 71 heavy (non-hydrogen) atoms. The van der Waals surface area contributed by atoms with Gasteiger partial charge in [-0.25, -0.2) is 19.2 Å². The van der Waals surface area contributed by atoms with E-state index in [9.17, 15) is 81.5 Å². The van der Waals surface area contributed by atoms with Gasteiger partial charge in [-0.15, -0.1) is 0 Å². The molecule has 3 fully saturated rings. The van der Waals surface area contributed by atoms with Crippen LogP contribution in [0, 0.1) is 0 Å². The maximum absolute atomic E-state index is 13.7. The van der Waals surface area contributed by atoms with Crippen molar-refractivity contribution in [3.8, 4) is 0 Å². The first-order chi connectivity index (χ1) is 33.3. The van der Waals surface area contributed by atoms with Crippen LogP contribution in [0.1, 0.15) is 38.5 Å². The van der Waals surface area contributed by atoms with Gasteiger partial charge in [-0.2, -0.15) is 13.2 Å². The van der Waals surface area contributed by atoms with Crippen LogP contribution in [0.2, 0.25) is 0 Å². The largest absolute Gasteiger partial charge is 0.490 e. The molecule has 33 heteroatoms. The molecular formula is C38H61F3N14O16. The van der Waals surface area contributed by atoms with Crippen molar-refractivity contribution in [2.45, 2.75) is 68.9 Å². The number of nitrogens with one attached hydrogen (secondary N) is 6. The average molecular weight is 1030 g/mol. The zero-order chi connectivity index (χ0) is 53.4. The second-order valence-corrected chi connectivity index (χ2v) is 16.1. The number of carboxylic acid groups (broad SMARTS) is 5. The van der Waals surface area contributed by atoms with Crippen molar-refractivity contribution in [3.63, 3.8) is 0 Å². The molecule has 400 valence electrons. The maximum atomic E-state index is 13.7. The molecule has 0 spiro atoms. The van der Waals surface area contributed by atoms with E-state index < -0.39 is 103 Å². The first-order valence-electron chi connectivity index (χ1n) is 22.0. The number of guanidine groups is 1. The van der Waals surface area contributed by atoms with Gasteiger partial charge in [0.05, 0.1) is 25.6 Å². The third kappa shape index (κ3) is 23.1. The van der Waals surface area contributed by atoms with Crippen LogP contribution in [0.5, 0.6) is 0 Å². The standard InChI is InChI=1S/C36H60N14O14.C2HF3O2/c37-33(38)41-6-1-3-23-30(56)42-19-27(52)44-24(18-29(54)55)31(57)43-22-17-25(32(58)45-23)50(20-22)8-7-40-26(51)4-2-5-39-28(53)21-46-9-11-47(34(59)60)13-15-49(36(63)64)16-14-48(12-10-46)35(61)62;3-2(4,5)1(6)7/h22-25H,1-21H2,(H,39,53)(H,40,51)(H,42,56)(H,43,57)(H,44,52)(H,45,58)(H,54,55)(H,59,60)(H,61,62)(H,63,64)(H4,37,38,41);(H,6,7)/t22-,23-,24-,25-;/m0./s1. The molecule has 0 saturated carbocycles. The number of nitrogens with two attached hydrogens (primary N) is 2. The molecule has 0 aromatic rings. The highest BCUT2D eigenvalue weighted by Crippen LogP contribution is 2.19. The Labute approximate surface area is 402 Å². The van der Waals surface area contributed by atoms with E-state index in [-0.39, 0.29) is 136 Å². The van der Waals surface area contributed by atoms with Gasteiger partial charge in [0.15, 0.2) is 5.96 Å². The smallest absolute Gasteiger partial charge is 0.481 e. The highest BCUT2D eigenvalue weighted by Gasteiger charge is 2.40. The number of halogens is 3. The molecule has 15 N–H and O–H groups in total. The molecule has 4 atom stereocenters. The summed E-state index contributed by atoms with van der Waals surface area (Å²) in [5.41, 5.74) is 10.8. The quantitative estimate of drug-likeness (QED) is 0.0415. The van der Waals surface area contributed by atoms with Crippen molar-refractivity contribution < 1.29 is 91.4 Å². The maximum Gasteiger partial charge on any atom is 0.490 e. The summed E-state index contributed by atoms with van der Waals surface area (Å²) >= 11 is 0. The van der Waals surface area contributed by atoms with Crippen molar-refractivity contribution in [1.29, 1.82) is 0 Å². The zero-order valence-corrected chi connectivity index (χ0v) is 38.4. The number of rotatable bonds is 15. The molecule has 3 rings (SSSR count). The molecule has 0 aromatic carbocycles. The predicted molar refractivity (Wildman–Crippen MR) is 235 cm³/mol. The topological polar surface area (TPSA) is 442 Å². The van der Waals surface area contributed by atoms with E-state index in [1.807, 2.05) is 0 Å². The molecule has 9 amide bonds. The van der Waals surface area contributed by atoms with Crippen molar-refractivity contribution in [2.24, 2.45) is 16.5 Å². The number of hydrogen-bond acceptors (Lipinski definition) is 14. The Morgan fingerprint density at radius 1 is 0.690 bits per heavy atom. The molecule has 3 aliphatic heterocycles. The fourth-order valence-corrected chi connectivity index (χ4v) is 7.14. The lowest BCUT2D eigenvalue weighted by Gasteiger charge is -2.31. The predicted octanol–water partition coefficient (Wildman–Crippen LogP) is -4.93. The van der Waals surface area contributed by atoms with E-state index in [1.165, 1.54) is 0 Å². The number of amides is 9. The van der Waals surface area contributed by atoms with Crippen LogP contribution < -0.4 is 43.4 Å². The molecule has 3 aliphatic rings. The molecular weight excluding hydrogens is 965 g/mol.